The lowest BCUT2D eigenvalue weighted by atomic mass is 9.66. The first kappa shape index (κ1) is 12.4. The van der Waals surface area contributed by atoms with E-state index in [9.17, 15) is 9.59 Å². The maximum absolute atomic E-state index is 11.6. The van der Waals surface area contributed by atoms with E-state index in [0.717, 1.165) is 32.4 Å². The van der Waals surface area contributed by atoms with Gasteiger partial charge in [-0.1, -0.05) is 6.42 Å². The minimum absolute atomic E-state index is 0.0631. The quantitative estimate of drug-likeness (QED) is 0.626. The number of carbonyl (C=O) groups excluding carboxylic acids is 1. The Hall–Kier alpha value is -1.10. The molecule has 0 spiro atoms. The van der Waals surface area contributed by atoms with Gasteiger partial charge in [0.2, 0.25) is 5.91 Å². The number of amides is 1. The molecule has 0 bridgehead atoms. The number of hydrogen-bond acceptors (Lipinski definition) is 3. The molecule has 5 heteroatoms. The van der Waals surface area contributed by atoms with Crippen LogP contribution >= 0.6 is 0 Å². The number of hydrogen-bond donors (Lipinski definition) is 3. The van der Waals surface area contributed by atoms with Crippen molar-refractivity contribution in [3.05, 3.63) is 0 Å². The summed E-state index contributed by atoms with van der Waals surface area (Å²) in [6.07, 6.45) is 3.67. The molecule has 2 aliphatic rings. The van der Waals surface area contributed by atoms with Crippen molar-refractivity contribution >= 4 is 11.9 Å². The Balaban J connectivity index is 1.71. The predicted octanol–water partition coefficient (Wildman–Crippen LogP) is 0.357. The molecule has 1 aliphatic heterocycles. The smallest absolute Gasteiger partial charge is 0.303 e. The SMILES string of the molecule is O=C(O)CC1(CNC(=O)CC2CNC2)CCC1. The van der Waals surface area contributed by atoms with E-state index in [4.69, 9.17) is 5.11 Å². The van der Waals surface area contributed by atoms with Crippen molar-refractivity contribution in [3.63, 3.8) is 0 Å². The Kier molecular flexibility index (Phi) is 3.66. The number of carboxylic acid groups (broad SMARTS) is 1. The molecule has 1 heterocycles. The lowest BCUT2D eigenvalue weighted by Gasteiger charge is -2.41. The second-order valence-corrected chi connectivity index (χ2v) is 5.43. The van der Waals surface area contributed by atoms with Crippen molar-refractivity contribution < 1.29 is 14.7 Å². The molecule has 3 N–H and O–H groups in total. The second kappa shape index (κ2) is 5.04. The lowest BCUT2D eigenvalue weighted by Crippen LogP contribution is -2.47. The highest BCUT2D eigenvalue weighted by atomic mass is 16.4. The molecule has 0 aromatic carbocycles. The van der Waals surface area contributed by atoms with Gasteiger partial charge in [0.15, 0.2) is 0 Å². The minimum atomic E-state index is -0.762. The van der Waals surface area contributed by atoms with Gasteiger partial charge >= 0.3 is 5.97 Å². The predicted molar refractivity (Wildman–Crippen MR) is 62.5 cm³/mol. The van der Waals surface area contributed by atoms with Gasteiger partial charge in [-0.25, -0.2) is 0 Å². The van der Waals surface area contributed by atoms with Gasteiger partial charge in [-0.15, -0.1) is 0 Å². The highest BCUT2D eigenvalue weighted by molar-refractivity contribution is 5.76. The maximum Gasteiger partial charge on any atom is 0.303 e. The summed E-state index contributed by atoms with van der Waals surface area (Å²) in [5.74, 6) is -0.234. The molecule has 1 aliphatic carbocycles. The fraction of sp³-hybridized carbons (Fsp3) is 0.833. The molecule has 2 fully saturated rings. The second-order valence-electron chi connectivity index (χ2n) is 5.43. The zero-order valence-electron chi connectivity index (χ0n) is 10.00. The first-order chi connectivity index (χ1) is 8.10. The Morgan fingerprint density at radius 2 is 2.06 bits per heavy atom. The summed E-state index contributed by atoms with van der Waals surface area (Å²) in [5, 5.41) is 14.9. The summed E-state index contributed by atoms with van der Waals surface area (Å²) < 4.78 is 0. The van der Waals surface area contributed by atoms with Crippen molar-refractivity contribution in [2.24, 2.45) is 11.3 Å². The average molecular weight is 240 g/mol. The highest BCUT2D eigenvalue weighted by Crippen LogP contribution is 2.43. The van der Waals surface area contributed by atoms with E-state index in [1.54, 1.807) is 0 Å². The van der Waals surface area contributed by atoms with Crippen LogP contribution in [0.15, 0.2) is 0 Å². The van der Waals surface area contributed by atoms with Gasteiger partial charge in [0, 0.05) is 13.0 Å². The summed E-state index contributed by atoms with van der Waals surface area (Å²) >= 11 is 0. The van der Waals surface area contributed by atoms with Gasteiger partial charge in [-0.3, -0.25) is 9.59 Å². The average Bonchev–Trinajstić information content (AvgIpc) is 2.15. The topological polar surface area (TPSA) is 78.4 Å². The van der Waals surface area contributed by atoms with Crippen LogP contribution in [0.2, 0.25) is 0 Å². The van der Waals surface area contributed by atoms with Crippen LogP contribution in [0.5, 0.6) is 0 Å². The Morgan fingerprint density at radius 3 is 2.47 bits per heavy atom. The van der Waals surface area contributed by atoms with Gasteiger partial charge in [-0.05, 0) is 37.3 Å². The lowest BCUT2D eigenvalue weighted by molar-refractivity contribution is -0.142. The zero-order chi connectivity index (χ0) is 12.3. The largest absolute Gasteiger partial charge is 0.481 e. The van der Waals surface area contributed by atoms with Crippen molar-refractivity contribution in [2.45, 2.75) is 32.1 Å². The zero-order valence-corrected chi connectivity index (χ0v) is 10.00. The van der Waals surface area contributed by atoms with E-state index in [1.807, 2.05) is 0 Å². The first-order valence-corrected chi connectivity index (χ1v) is 6.29. The number of carboxylic acids is 1. The van der Waals surface area contributed by atoms with E-state index >= 15 is 0 Å². The van der Waals surface area contributed by atoms with E-state index in [2.05, 4.69) is 10.6 Å². The summed E-state index contributed by atoms with van der Waals surface area (Å²) in [5.41, 5.74) is -0.167. The third-order valence-electron chi connectivity index (χ3n) is 3.94. The van der Waals surface area contributed by atoms with E-state index < -0.39 is 5.97 Å². The summed E-state index contributed by atoms with van der Waals surface area (Å²) in [4.78, 5) is 22.4. The van der Waals surface area contributed by atoms with Crippen LogP contribution < -0.4 is 10.6 Å². The molecule has 0 aromatic rings. The monoisotopic (exact) mass is 240 g/mol. The molecule has 5 nitrogen and oxygen atoms in total. The third-order valence-corrected chi connectivity index (χ3v) is 3.94. The standard InChI is InChI=1S/C12H20N2O3/c15-10(4-9-6-13-7-9)14-8-12(2-1-3-12)5-11(16)17/h9,13H,1-8H2,(H,14,15)(H,16,17). The Labute approximate surface area is 101 Å². The highest BCUT2D eigenvalue weighted by Gasteiger charge is 2.39. The molecule has 0 atom stereocenters. The van der Waals surface area contributed by atoms with Crippen LogP contribution in [0.4, 0.5) is 0 Å². The summed E-state index contributed by atoms with van der Waals surface area (Å²) in [7, 11) is 0. The van der Waals surface area contributed by atoms with Crippen molar-refractivity contribution in [1.29, 1.82) is 0 Å². The van der Waals surface area contributed by atoms with Crippen LogP contribution in [0.1, 0.15) is 32.1 Å². The van der Waals surface area contributed by atoms with Crippen LogP contribution in [-0.2, 0) is 9.59 Å². The molecule has 0 radical (unpaired) electrons. The van der Waals surface area contributed by atoms with Crippen molar-refractivity contribution in [1.82, 2.24) is 10.6 Å². The van der Waals surface area contributed by atoms with Gasteiger partial charge < -0.3 is 15.7 Å². The Morgan fingerprint density at radius 1 is 1.35 bits per heavy atom. The minimum Gasteiger partial charge on any atom is -0.481 e. The molecule has 1 saturated heterocycles. The van der Waals surface area contributed by atoms with Crippen LogP contribution in [0.3, 0.4) is 0 Å². The van der Waals surface area contributed by atoms with Crippen LogP contribution in [0, 0.1) is 11.3 Å². The normalized spacial score (nSPS) is 22.4. The number of rotatable bonds is 6. The van der Waals surface area contributed by atoms with Crippen molar-refractivity contribution in [3.8, 4) is 0 Å². The number of aliphatic carboxylic acids is 1. The fourth-order valence-electron chi connectivity index (χ4n) is 2.53. The van der Waals surface area contributed by atoms with Gasteiger partial charge in [-0.2, -0.15) is 0 Å². The molecule has 2 rings (SSSR count). The molecular weight excluding hydrogens is 220 g/mol. The van der Waals surface area contributed by atoms with E-state index in [-0.39, 0.29) is 17.7 Å². The summed E-state index contributed by atoms with van der Waals surface area (Å²) in [6.45, 7) is 2.37. The van der Waals surface area contributed by atoms with Crippen LogP contribution in [0.25, 0.3) is 0 Å². The molecule has 17 heavy (non-hydrogen) atoms. The van der Waals surface area contributed by atoms with Gasteiger partial charge in [0.25, 0.3) is 0 Å². The molecule has 0 aromatic heterocycles. The first-order valence-electron chi connectivity index (χ1n) is 6.29. The third kappa shape index (κ3) is 3.19. The van der Waals surface area contributed by atoms with Crippen molar-refractivity contribution in [2.75, 3.05) is 19.6 Å². The van der Waals surface area contributed by atoms with E-state index in [1.165, 1.54) is 0 Å². The fourth-order valence-corrected chi connectivity index (χ4v) is 2.53. The molecule has 0 unspecified atom stereocenters. The van der Waals surface area contributed by atoms with E-state index in [0.29, 0.717) is 18.9 Å². The van der Waals surface area contributed by atoms with Crippen LogP contribution in [-0.4, -0.2) is 36.6 Å². The molecule has 96 valence electrons. The maximum atomic E-state index is 11.6. The number of carbonyl (C=O) groups is 2. The molecular formula is C12H20N2O3. The van der Waals surface area contributed by atoms with Gasteiger partial charge in [0.1, 0.15) is 0 Å². The Bertz CT molecular complexity index is 309. The van der Waals surface area contributed by atoms with Gasteiger partial charge in [0.05, 0.1) is 6.42 Å². The summed E-state index contributed by atoms with van der Waals surface area (Å²) in [6, 6.07) is 0. The molecule has 1 amide bonds. The molecule has 1 saturated carbocycles. The number of nitrogens with one attached hydrogen (secondary N) is 2.